The Morgan fingerprint density at radius 2 is 1.45 bits per heavy atom. The van der Waals surface area contributed by atoms with Crippen molar-refractivity contribution in [2.45, 2.75) is 40.5 Å². The van der Waals surface area contributed by atoms with Gasteiger partial charge in [0.05, 0.1) is 4.88 Å². The summed E-state index contributed by atoms with van der Waals surface area (Å²) < 4.78 is 36.3. The second-order valence-corrected chi connectivity index (χ2v) is 6.56. The van der Waals surface area contributed by atoms with Crippen molar-refractivity contribution in [1.29, 1.82) is 0 Å². The maximum Gasteiger partial charge on any atom is 0.231 e. The Labute approximate surface area is 136 Å². The Bertz CT molecular complexity index is 594. The van der Waals surface area contributed by atoms with Crippen LogP contribution < -0.4 is 23.2 Å². The van der Waals surface area contributed by atoms with Crippen molar-refractivity contribution in [1.82, 2.24) is 0 Å². The molecular weight excluding hydrogens is 326 g/mol. The largest absolute Gasteiger partial charge is 0.231 e. The van der Waals surface area contributed by atoms with Crippen LogP contribution in [0.2, 0.25) is 0 Å². The first-order valence-corrected chi connectivity index (χ1v) is 8.99. The van der Waals surface area contributed by atoms with Crippen molar-refractivity contribution in [2.75, 3.05) is 0 Å². The fraction of sp³-hybridized carbons (Fsp3) is 0.400. The number of benzene rings is 1. The minimum Gasteiger partial charge on any atom is -0.222 e. The van der Waals surface area contributed by atoms with E-state index in [1.165, 1.54) is 27.4 Å². The summed E-state index contributed by atoms with van der Waals surface area (Å²) in [7, 11) is -4.94. The van der Waals surface area contributed by atoms with Gasteiger partial charge in [-0.2, -0.15) is 4.57 Å². The van der Waals surface area contributed by atoms with Gasteiger partial charge in [0.2, 0.25) is 11.2 Å². The average Bonchev–Trinajstić information content (AvgIpc) is 2.76. The molecule has 2 aromatic rings. The van der Waals surface area contributed by atoms with E-state index < -0.39 is 10.2 Å². The molecule has 0 spiro atoms. The molecule has 1 aromatic carbocycles. The van der Waals surface area contributed by atoms with Gasteiger partial charge in [-0.05, 0) is 19.8 Å². The molecule has 0 aliphatic heterocycles. The van der Waals surface area contributed by atoms with E-state index in [2.05, 4.69) is 56.0 Å². The van der Waals surface area contributed by atoms with Gasteiger partial charge in [-0.15, -0.1) is 10.2 Å². The van der Waals surface area contributed by atoms with Crippen molar-refractivity contribution >= 4 is 11.3 Å². The quantitative estimate of drug-likeness (QED) is 0.667. The summed E-state index contributed by atoms with van der Waals surface area (Å²) in [5, 5.41) is 0. The van der Waals surface area contributed by atoms with Crippen LogP contribution in [0, 0.1) is 24.1 Å². The highest BCUT2D eigenvalue weighted by Crippen LogP contribution is 2.20. The zero-order valence-electron chi connectivity index (χ0n) is 13.1. The van der Waals surface area contributed by atoms with E-state index in [9.17, 15) is 0 Å². The molecule has 0 atom stereocenters. The number of nitrogens with zero attached hydrogens (tertiary/aromatic N) is 1. The molecule has 1 aromatic heterocycles. The number of hydrogen-bond donors (Lipinski definition) is 0. The van der Waals surface area contributed by atoms with E-state index in [0.29, 0.717) is 0 Å². The lowest BCUT2D eigenvalue weighted by Gasteiger charge is -2.17. The van der Waals surface area contributed by atoms with Crippen molar-refractivity contribution in [3.63, 3.8) is 0 Å². The van der Waals surface area contributed by atoms with Gasteiger partial charge >= 0.3 is 0 Å². The average molecular weight is 346 g/mol. The van der Waals surface area contributed by atoms with E-state index in [4.69, 9.17) is 18.6 Å². The molecule has 7 heteroatoms. The fourth-order valence-corrected chi connectivity index (χ4v) is 3.01. The molecule has 0 radical (unpaired) electrons. The second kappa shape index (κ2) is 8.01. The van der Waals surface area contributed by atoms with Crippen molar-refractivity contribution < 1.29 is 33.4 Å². The van der Waals surface area contributed by atoms with E-state index in [0.717, 1.165) is 12.8 Å². The monoisotopic (exact) mass is 345 g/mol. The molecular formula is C15H20ClNO4S. The topological polar surface area (TPSA) is 96.1 Å². The van der Waals surface area contributed by atoms with Crippen LogP contribution in [0.25, 0.3) is 5.69 Å². The molecule has 0 bridgehead atoms. The predicted molar refractivity (Wildman–Crippen MR) is 74.1 cm³/mol. The Kier molecular flexibility index (Phi) is 6.93. The summed E-state index contributed by atoms with van der Waals surface area (Å²) >= 11 is 1.83. The third kappa shape index (κ3) is 5.31. The van der Waals surface area contributed by atoms with E-state index in [-0.39, 0.29) is 0 Å². The summed E-state index contributed by atoms with van der Waals surface area (Å²) in [6.45, 7) is 8.86. The smallest absolute Gasteiger partial charge is 0.222 e. The zero-order chi connectivity index (χ0) is 16.9. The van der Waals surface area contributed by atoms with Gasteiger partial charge in [0.15, 0.2) is 5.69 Å². The number of aromatic nitrogens is 1. The van der Waals surface area contributed by atoms with Crippen molar-refractivity contribution in [3.05, 3.63) is 45.4 Å². The van der Waals surface area contributed by atoms with Crippen LogP contribution >= 0.6 is 11.3 Å². The number of aryl methyl sites for hydroxylation is 3. The third-order valence-corrected chi connectivity index (χ3v) is 4.38. The molecule has 0 fully saturated rings. The normalized spacial score (nSPS) is 11.1. The number of halogens is 1. The van der Waals surface area contributed by atoms with Gasteiger partial charge in [-0.25, -0.2) is 18.6 Å². The van der Waals surface area contributed by atoms with E-state index in [1.54, 1.807) is 0 Å². The number of para-hydroxylation sites is 1. The van der Waals surface area contributed by atoms with Gasteiger partial charge in [0, 0.05) is 18.1 Å². The highest BCUT2D eigenvalue weighted by Gasteiger charge is 2.21. The van der Waals surface area contributed by atoms with Gasteiger partial charge in [0.1, 0.15) is 0 Å². The lowest BCUT2D eigenvalue weighted by atomic mass is 10.0. The molecule has 0 aliphatic rings. The summed E-state index contributed by atoms with van der Waals surface area (Å²) in [5.41, 5.74) is 7.88. The van der Waals surface area contributed by atoms with Crippen molar-refractivity contribution in [3.8, 4) is 5.69 Å². The SMILES string of the molecule is CCc1cccc(CC)c1-[n+]1csc(C)c1C.[O-][Cl+3]([O-])([O-])[O-]. The molecule has 22 heavy (non-hydrogen) atoms. The summed E-state index contributed by atoms with van der Waals surface area (Å²) in [5.74, 6) is 0. The molecule has 5 nitrogen and oxygen atoms in total. The lowest BCUT2D eigenvalue weighted by Crippen LogP contribution is -2.68. The minimum atomic E-state index is -4.94. The van der Waals surface area contributed by atoms with Gasteiger partial charge in [-0.1, -0.05) is 43.4 Å². The Balaban J connectivity index is 0.000000422. The summed E-state index contributed by atoms with van der Waals surface area (Å²) in [6.07, 6.45) is 2.18. The third-order valence-electron chi connectivity index (χ3n) is 3.41. The standard InChI is InChI=1S/C15H20NS.ClHO4/c1-5-13-8-7-9-14(6-2)15(13)16-10-17-12(4)11(16)3;2-1(3,4)5/h7-10H,5-6H2,1-4H3;(H,2,3,4,5)/q+1;/p-1. The summed E-state index contributed by atoms with van der Waals surface area (Å²) in [6, 6.07) is 6.66. The maximum absolute atomic E-state index is 8.49. The van der Waals surface area contributed by atoms with Crippen LogP contribution in [0.4, 0.5) is 0 Å². The maximum atomic E-state index is 8.49. The first-order valence-electron chi connectivity index (χ1n) is 6.88. The van der Waals surface area contributed by atoms with Gasteiger partial charge < -0.3 is 0 Å². The molecule has 122 valence electrons. The lowest BCUT2D eigenvalue weighted by molar-refractivity contribution is -2.00. The van der Waals surface area contributed by atoms with E-state index >= 15 is 0 Å². The summed E-state index contributed by atoms with van der Waals surface area (Å²) in [4.78, 5) is 1.40. The molecule has 0 N–H and O–H groups in total. The van der Waals surface area contributed by atoms with Crippen molar-refractivity contribution in [2.24, 2.45) is 0 Å². The highest BCUT2D eigenvalue weighted by atomic mass is 35.7. The highest BCUT2D eigenvalue weighted by molar-refractivity contribution is 7.09. The molecule has 0 saturated heterocycles. The molecule has 0 amide bonds. The van der Waals surface area contributed by atoms with Gasteiger partial charge in [-0.3, -0.25) is 0 Å². The Morgan fingerprint density at radius 3 is 1.77 bits per heavy atom. The minimum absolute atomic E-state index is 1.09. The molecule has 1 heterocycles. The zero-order valence-corrected chi connectivity index (χ0v) is 14.7. The molecule has 0 unspecified atom stereocenters. The molecule has 0 aliphatic carbocycles. The number of thiazole rings is 1. The van der Waals surface area contributed by atoms with Crippen LogP contribution in [-0.2, 0) is 12.8 Å². The fourth-order valence-electron chi connectivity index (χ4n) is 2.21. The first kappa shape index (κ1) is 19.0. The first-order chi connectivity index (χ1) is 10.2. The Morgan fingerprint density at radius 1 is 1.00 bits per heavy atom. The van der Waals surface area contributed by atoms with Crippen LogP contribution in [0.1, 0.15) is 35.5 Å². The second-order valence-electron chi connectivity index (χ2n) is 4.74. The number of rotatable bonds is 3. The van der Waals surface area contributed by atoms with Crippen LogP contribution in [0.3, 0.4) is 0 Å². The van der Waals surface area contributed by atoms with Crippen LogP contribution in [-0.4, -0.2) is 0 Å². The van der Waals surface area contributed by atoms with Crippen LogP contribution in [0.15, 0.2) is 23.7 Å². The van der Waals surface area contributed by atoms with E-state index in [1.807, 2.05) is 11.3 Å². The molecule has 0 saturated carbocycles. The number of hydrogen-bond acceptors (Lipinski definition) is 5. The molecule has 2 rings (SSSR count). The van der Waals surface area contributed by atoms with Gasteiger partial charge in [0.25, 0.3) is 0 Å². The predicted octanol–water partition coefficient (Wildman–Crippen LogP) is -0.990. The Hall–Kier alpha value is -1.02. The van der Waals surface area contributed by atoms with Crippen LogP contribution in [0.5, 0.6) is 0 Å².